The molecule has 0 radical (unpaired) electrons. The first-order chi connectivity index (χ1) is 10.1. The fourth-order valence-corrected chi connectivity index (χ4v) is 2.61. The maximum absolute atomic E-state index is 13.9. The minimum Gasteiger partial charge on any atom is -0.384 e. The van der Waals surface area contributed by atoms with Crippen molar-refractivity contribution in [3.05, 3.63) is 57.0 Å². The van der Waals surface area contributed by atoms with Gasteiger partial charge in [0.05, 0.1) is 12.1 Å². The lowest BCUT2D eigenvalue weighted by Crippen LogP contribution is -2.23. The van der Waals surface area contributed by atoms with Crippen LogP contribution in [0.4, 0.5) is 4.39 Å². The quantitative estimate of drug-likeness (QED) is 0.856. The highest BCUT2D eigenvalue weighted by Crippen LogP contribution is 2.15. The fraction of sp³-hybridized carbons (Fsp3) is 0.188. The summed E-state index contributed by atoms with van der Waals surface area (Å²) in [5.74, 6) is 3.94. The second kappa shape index (κ2) is 7.02. The molecular weight excluding hydrogens is 289 g/mol. The molecule has 2 rings (SSSR count). The summed E-state index contributed by atoms with van der Waals surface area (Å²) in [6.45, 7) is 2.06. The number of rotatable bonds is 3. The summed E-state index contributed by atoms with van der Waals surface area (Å²) in [5, 5.41) is 13.2. The van der Waals surface area contributed by atoms with Crippen molar-refractivity contribution in [1.82, 2.24) is 5.32 Å². The maximum atomic E-state index is 13.9. The molecule has 0 saturated heterocycles. The van der Waals surface area contributed by atoms with Gasteiger partial charge in [-0.1, -0.05) is 11.8 Å². The van der Waals surface area contributed by atoms with Crippen LogP contribution in [0, 0.1) is 24.6 Å². The predicted octanol–water partition coefficient (Wildman–Crippen LogP) is 2.47. The molecule has 2 aromatic rings. The lowest BCUT2D eigenvalue weighted by molar-refractivity contribution is 0.0947. The van der Waals surface area contributed by atoms with Crippen LogP contribution in [0.2, 0.25) is 0 Å². The Labute approximate surface area is 126 Å². The molecule has 0 aliphatic carbocycles. The van der Waals surface area contributed by atoms with Gasteiger partial charge in [0, 0.05) is 10.4 Å². The second-order valence-electron chi connectivity index (χ2n) is 4.36. The van der Waals surface area contributed by atoms with E-state index in [1.165, 1.54) is 12.1 Å². The highest BCUT2D eigenvalue weighted by Gasteiger charge is 2.12. The molecule has 1 heterocycles. The Hall–Kier alpha value is -2.16. The lowest BCUT2D eigenvalue weighted by Gasteiger charge is -2.06. The van der Waals surface area contributed by atoms with Crippen molar-refractivity contribution < 1.29 is 14.3 Å². The molecule has 1 amide bonds. The van der Waals surface area contributed by atoms with Crippen molar-refractivity contribution in [3.63, 3.8) is 0 Å². The van der Waals surface area contributed by atoms with Crippen molar-refractivity contribution in [2.45, 2.75) is 13.5 Å². The minimum atomic E-state index is -0.625. The van der Waals surface area contributed by atoms with Gasteiger partial charge in [-0.2, -0.15) is 0 Å². The van der Waals surface area contributed by atoms with Crippen molar-refractivity contribution in [2.24, 2.45) is 0 Å². The standard InChI is InChI=1S/C16H14FNO2S/c1-11-6-8-21-15(11)10-18-16(20)13-5-4-12(3-2-7-19)9-14(13)17/h4-6,8-9,19H,7,10H2,1H3,(H,18,20). The SMILES string of the molecule is Cc1ccsc1CNC(=O)c1ccc(C#CCO)cc1F. The number of carbonyl (C=O) groups excluding carboxylic acids is 1. The lowest BCUT2D eigenvalue weighted by atomic mass is 10.1. The Bertz CT molecular complexity index is 713. The first-order valence-corrected chi connectivity index (χ1v) is 7.20. The van der Waals surface area contributed by atoms with Crippen LogP contribution in [0.3, 0.4) is 0 Å². The normalized spacial score (nSPS) is 9.86. The van der Waals surface area contributed by atoms with Gasteiger partial charge in [-0.3, -0.25) is 4.79 Å². The number of aliphatic hydroxyl groups is 1. The molecule has 0 atom stereocenters. The van der Waals surface area contributed by atoms with Gasteiger partial charge in [0.25, 0.3) is 5.91 Å². The third-order valence-corrected chi connectivity index (χ3v) is 3.93. The molecule has 108 valence electrons. The molecule has 0 aliphatic rings. The van der Waals surface area contributed by atoms with E-state index in [9.17, 15) is 9.18 Å². The number of nitrogens with one attached hydrogen (secondary N) is 1. The molecule has 0 bridgehead atoms. The number of hydrogen-bond donors (Lipinski definition) is 2. The van der Waals surface area contributed by atoms with Gasteiger partial charge < -0.3 is 10.4 Å². The number of aliphatic hydroxyl groups excluding tert-OH is 1. The Morgan fingerprint density at radius 2 is 2.24 bits per heavy atom. The molecule has 0 aliphatic heterocycles. The second-order valence-corrected chi connectivity index (χ2v) is 5.36. The van der Waals surface area contributed by atoms with E-state index in [1.807, 2.05) is 18.4 Å². The van der Waals surface area contributed by atoms with Crippen LogP contribution < -0.4 is 5.32 Å². The first-order valence-electron chi connectivity index (χ1n) is 6.32. The van der Waals surface area contributed by atoms with Gasteiger partial charge in [0.15, 0.2) is 0 Å². The molecule has 1 aromatic heterocycles. The van der Waals surface area contributed by atoms with E-state index in [4.69, 9.17) is 5.11 Å². The van der Waals surface area contributed by atoms with E-state index in [0.717, 1.165) is 10.4 Å². The Kier molecular flexibility index (Phi) is 5.09. The zero-order chi connectivity index (χ0) is 15.2. The van der Waals surface area contributed by atoms with E-state index in [0.29, 0.717) is 12.1 Å². The Morgan fingerprint density at radius 1 is 1.43 bits per heavy atom. The Balaban J connectivity index is 2.07. The van der Waals surface area contributed by atoms with E-state index in [2.05, 4.69) is 17.2 Å². The smallest absolute Gasteiger partial charge is 0.254 e. The van der Waals surface area contributed by atoms with Crippen LogP contribution in [0.1, 0.15) is 26.4 Å². The van der Waals surface area contributed by atoms with Crippen LogP contribution in [0.5, 0.6) is 0 Å². The van der Waals surface area contributed by atoms with Gasteiger partial charge in [-0.05, 0) is 42.1 Å². The molecular formula is C16H14FNO2S. The Morgan fingerprint density at radius 3 is 2.86 bits per heavy atom. The zero-order valence-electron chi connectivity index (χ0n) is 11.4. The molecule has 0 spiro atoms. The van der Waals surface area contributed by atoms with Gasteiger partial charge in [0.2, 0.25) is 0 Å². The summed E-state index contributed by atoms with van der Waals surface area (Å²) in [7, 11) is 0. The molecule has 0 fully saturated rings. The van der Waals surface area contributed by atoms with Crippen LogP contribution >= 0.6 is 11.3 Å². The van der Waals surface area contributed by atoms with Crippen molar-refractivity contribution >= 4 is 17.2 Å². The molecule has 0 unspecified atom stereocenters. The number of thiophene rings is 1. The third kappa shape index (κ3) is 3.91. The third-order valence-electron chi connectivity index (χ3n) is 2.90. The number of amides is 1. The van der Waals surface area contributed by atoms with Gasteiger partial charge >= 0.3 is 0 Å². The van der Waals surface area contributed by atoms with Crippen molar-refractivity contribution in [2.75, 3.05) is 6.61 Å². The number of aryl methyl sites for hydroxylation is 1. The topological polar surface area (TPSA) is 49.3 Å². The predicted molar refractivity (Wildman–Crippen MR) is 80.6 cm³/mol. The minimum absolute atomic E-state index is 0.0150. The number of carbonyl (C=O) groups is 1. The number of benzene rings is 1. The van der Waals surface area contributed by atoms with Gasteiger partial charge in [-0.15, -0.1) is 11.3 Å². The first kappa shape index (κ1) is 15.2. The van der Waals surface area contributed by atoms with Gasteiger partial charge in [-0.25, -0.2) is 4.39 Å². The molecule has 21 heavy (non-hydrogen) atoms. The maximum Gasteiger partial charge on any atom is 0.254 e. The average Bonchev–Trinajstić information content (AvgIpc) is 2.88. The monoisotopic (exact) mass is 303 g/mol. The molecule has 5 heteroatoms. The van der Waals surface area contributed by atoms with E-state index < -0.39 is 11.7 Å². The summed E-state index contributed by atoms with van der Waals surface area (Å²) < 4.78 is 13.9. The van der Waals surface area contributed by atoms with Gasteiger partial charge in [0.1, 0.15) is 12.4 Å². The molecule has 3 nitrogen and oxygen atoms in total. The highest BCUT2D eigenvalue weighted by molar-refractivity contribution is 7.10. The van der Waals surface area contributed by atoms with Crippen molar-refractivity contribution in [1.29, 1.82) is 0 Å². The number of halogens is 1. The van der Waals surface area contributed by atoms with Crippen LogP contribution in [-0.4, -0.2) is 17.6 Å². The van der Waals surface area contributed by atoms with Crippen molar-refractivity contribution in [3.8, 4) is 11.8 Å². The van der Waals surface area contributed by atoms with E-state index in [-0.39, 0.29) is 12.2 Å². The summed E-state index contributed by atoms with van der Waals surface area (Å²) >= 11 is 1.55. The van der Waals surface area contributed by atoms with E-state index >= 15 is 0 Å². The zero-order valence-corrected chi connectivity index (χ0v) is 12.3. The van der Waals surface area contributed by atoms with Crippen LogP contribution in [-0.2, 0) is 6.54 Å². The summed E-state index contributed by atoms with van der Waals surface area (Å²) in [6, 6.07) is 6.11. The van der Waals surface area contributed by atoms with Crippen LogP contribution in [0.15, 0.2) is 29.6 Å². The summed E-state index contributed by atoms with van der Waals surface area (Å²) in [4.78, 5) is 13.0. The fourth-order valence-electron chi connectivity index (χ4n) is 1.76. The molecule has 0 saturated carbocycles. The summed E-state index contributed by atoms with van der Waals surface area (Å²) in [6.07, 6.45) is 0. The number of hydrogen-bond acceptors (Lipinski definition) is 3. The average molecular weight is 303 g/mol. The molecule has 1 aromatic carbocycles. The summed E-state index contributed by atoms with van der Waals surface area (Å²) in [5.41, 5.74) is 1.52. The highest BCUT2D eigenvalue weighted by atomic mass is 32.1. The molecule has 2 N–H and O–H groups in total. The van der Waals surface area contributed by atoms with E-state index in [1.54, 1.807) is 17.4 Å². The largest absolute Gasteiger partial charge is 0.384 e. The van der Waals surface area contributed by atoms with Crippen LogP contribution in [0.25, 0.3) is 0 Å².